The van der Waals surface area contributed by atoms with Crippen molar-refractivity contribution in [3.63, 3.8) is 0 Å². The predicted octanol–water partition coefficient (Wildman–Crippen LogP) is 2.53. The number of nitrogens with zero attached hydrogens (tertiary/aromatic N) is 1. The average Bonchev–Trinajstić information content (AvgIpc) is 2.63. The highest BCUT2D eigenvalue weighted by atomic mass is 32.2. The maximum Gasteiger partial charge on any atom is 0.191 e. The van der Waals surface area contributed by atoms with Crippen molar-refractivity contribution in [2.24, 2.45) is 4.99 Å². The molecule has 0 radical (unpaired) electrons. The maximum absolute atomic E-state index is 11.7. The van der Waals surface area contributed by atoms with Gasteiger partial charge in [0.25, 0.3) is 0 Å². The van der Waals surface area contributed by atoms with Gasteiger partial charge in [0.2, 0.25) is 0 Å². The molecule has 0 aromatic heterocycles. The van der Waals surface area contributed by atoms with Crippen LogP contribution in [0.1, 0.15) is 18.1 Å². The van der Waals surface area contributed by atoms with E-state index in [9.17, 15) is 8.42 Å². The summed E-state index contributed by atoms with van der Waals surface area (Å²) in [5.74, 6) is 1.53. The highest BCUT2D eigenvalue weighted by molar-refractivity contribution is 7.90. The molecule has 6 nitrogen and oxygen atoms in total. The molecule has 0 aliphatic carbocycles. The van der Waals surface area contributed by atoms with E-state index in [0.29, 0.717) is 30.6 Å². The third-order valence-electron chi connectivity index (χ3n) is 3.81. The Hall–Kier alpha value is -2.54. The smallest absolute Gasteiger partial charge is 0.191 e. The lowest BCUT2D eigenvalue weighted by atomic mass is 10.1. The number of hydrogen-bond donors (Lipinski definition) is 2. The van der Waals surface area contributed by atoms with Crippen LogP contribution in [0.15, 0.2) is 58.4 Å². The molecule has 7 heteroatoms. The van der Waals surface area contributed by atoms with Gasteiger partial charge in [0.1, 0.15) is 12.4 Å². The lowest BCUT2D eigenvalue weighted by Gasteiger charge is -2.12. The second-order valence-corrected chi connectivity index (χ2v) is 8.14. The molecule has 146 valence electrons. The van der Waals surface area contributed by atoms with Crippen LogP contribution in [-0.4, -0.2) is 40.3 Å². The minimum Gasteiger partial charge on any atom is -0.492 e. The van der Waals surface area contributed by atoms with Gasteiger partial charge in [-0.05, 0) is 43.2 Å². The fourth-order valence-corrected chi connectivity index (χ4v) is 3.55. The molecule has 0 unspecified atom stereocenters. The number of hydrogen-bond acceptors (Lipinski definition) is 4. The van der Waals surface area contributed by atoms with E-state index in [1.165, 1.54) is 6.26 Å². The Kier molecular flexibility index (Phi) is 7.67. The van der Waals surface area contributed by atoms with Gasteiger partial charge in [-0.15, -0.1) is 0 Å². The van der Waals surface area contributed by atoms with E-state index in [-0.39, 0.29) is 0 Å². The van der Waals surface area contributed by atoms with Gasteiger partial charge in [-0.25, -0.2) is 13.4 Å². The Labute approximate surface area is 161 Å². The predicted molar refractivity (Wildman–Crippen MR) is 109 cm³/mol. The highest BCUT2D eigenvalue weighted by Gasteiger charge is 2.10. The zero-order valence-corrected chi connectivity index (χ0v) is 16.8. The van der Waals surface area contributed by atoms with Gasteiger partial charge in [-0.3, -0.25) is 0 Å². The molecule has 0 heterocycles. The van der Waals surface area contributed by atoms with Crippen molar-refractivity contribution < 1.29 is 13.2 Å². The van der Waals surface area contributed by atoms with E-state index in [1.807, 2.05) is 43.3 Å². The van der Waals surface area contributed by atoms with Gasteiger partial charge in [0, 0.05) is 12.8 Å². The SMILES string of the molecule is CCNC(=NCc1ccc(S(C)(=O)=O)c(C)c1)NCCOc1ccccc1. The standard InChI is InChI=1S/C20H27N3O3S/c1-4-21-20(22-12-13-26-18-8-6-5-7-9-18)23-15-17-10-11-19(16(2)14-17)27(3,24)25/h5-11,14H,4,12-13,15H2,1-3H3,(H2,21,22,23). The van der Waals surface area contributed by atoms with Gasteiger partial charge < -0.3 is 15.4 Å². The van der Waals surface area contributed by atoms with Crippen molar-refractivity contribution >= 4 is 15.8 Å². The van der Waals surface area contributed by atoms with Crippen molar-refractivity contribution in [2.75, 3.05) is 26.0 Å². The van der Waals surface area contributed by atoms with Crippen molar-refractivity contribution in [3.8, 4) is 5.75 Å². The summed E-state index contributed by atoms with van der Waals surface area (Å²) in [5, 5.41) is 6.42. The molecular formula is C20H27N3O3S. The summed E-state index contributed by atoms with van der Waals surface area (Å²) in [6.45, 7) is 6.15. The zero-order chi connectivity index (χ0) is 19.7. The number of nitrogens with one attached hydrogen (secondary N) is 2. The number of rotatable bonds is 8. The molecule has 27 heavy (non-hydrogen) atoms. The maximum atomic E-state index is 11.7. The number of para-hydroxylation sites is 1. The number of sulfone groups is 1. The molecule has 2 aromatic carbocycles. The van der Waals surface area contributed by atoms with Crippen LogP contribution in [0.25, 0.3) is 0 Å². The molecule has 0 spiro atoms. The molecule has 0 fully saturated rings. The first-order valence-electron chi connectivity index (χ1n) is 8.89. The summed E-state index contributed by atoms with van der Waals surface area (Å²) >= 11 is 0. The molecule has 0 aliphatic rings. The second kappa shape index (κ2) is 9.97. The summed E-state index contributed by atoms with van der Waals surface area (Å²) in [5.41, 5.74) is 1.69. The van der Waals surface area contributed by atoms with Gasteiger partial charge in [0.05, 0.1) is 18.0 Å². The minimum absolute atomic E-state index is 0.360. The van der Waals surface area contributed by atoms with Crippen LogP contribution in [0.5, 0.6) is 5.75 Å². The molecule has 0 saturated heterocycles. The number of guanidine groups is 1. The molecule has 2 aromatic rings. The Morgan fingerprint density at radius 3 is 2.48 bits per heavy atom. The number of benzene rings is 2. The van der Waals surface area contributed by atoms with Crippen LogP contribution >= 0.6 is 0 Å². The molecule has 0 saturated carbocycles. The van der Waals surface area contributed by atoms with Gasteiger partial charge in [-0.1, -0.05) is 30.3 Å². The second-order valence-electron chi connectivity index (χ2n) is 6.16. The summed E-state index contributed by atoms with van der Waals surface area (Å²) in [6.07, 6.45) is 1.22. The largest absolute Gasteiger partial charge is 0.492 e. The van der Waals surface area contributed by atoms with E-state index in [0.717, 1.165) is 23.4 Å². The minimum atomic E-state index is -3.20. The monoisotopic (exact) mass is 389 g/mol. The Balaban J connectivity index is 1.91. The molecule has 2 N–H and O–H groups in total. The topological polar surface area (TPSA) is 79.8 Å². The van der Waals surface area contributed by atoms with Crippen molar-refractivity contribution in [3.05, 3.63) is 59.7 Å². The third-order valence-corrected chi connectivity index (χ3v) is 5.07. The van der Waals surface area contributed by atoms with Crippen LogP contribution in [0.4, 0.5) is 0 Å². The molecule has 0 atom stereocenters. The Morgan fingerprint density at radius 1 is 1.11 bits per heavy atom. The average molecular weight is 390 g/mol. The van der Waals surface area contributed by atoms with Crippen LogP contribution in [0.2, 0.25) is 0 Å². The molecule has 0 bridgehead atoms. The van der Waals surface area contributed by atoms with E-state index >= 15 is 0 Å². The lowest BCUT2D eigenvalue weighted by Crippen LogP contribution is -2.39. The van der Waals surface area contributed by atoms with Crippen molar-refractivity contribution in [1.29, 1.82) is 0 Å². The van der Waals surface area contributed by atoms with E-state index in [4.69, 9.17) is 4.74 Å². The third kappa shape index (κ3) is 6.94. The van der Waals surface area contributed by atoms with Gasteiger partial charge in [0.15, 0.2) is 15.8 Å². The van der Waals surface area contributed by atoms with Crippen LogP contribution in [-0.2, 0) is 16.4 Å². The fraction of sp³-hybridized carbons (Fsp3) is 0.350. The quantitative estimate of drug-likeness (QED) is 0.412. The first-order chi connectivity index (χ1) is 12.9. The van der Waals surface area contributed by atoms with Crippen LogP contribution in [0.3, 0.4) is 0 Å². The molecule has 0 aliphatic heterocycles. The van der Waals surface area contributed by atoms with Crippen molar-refractivity contribution in [1.82, 2.24) is 10.6 Å². The van der Waals surface area contributed by atoms with E-state index in [2.05, 4.69) is 15.6 Å². The number of aliphatic imine (C=N–C) groups is 1. The van der Waals surface area contributed by atoms with Gasteiger partial charge in [-0.2, -0.15) is 0 Å². The highest BCUT2D eigenvalue weighted by Crippen LogP contribution is 2.17. The number of ether oxygens (including phenoxy) is 1. The van der Waals surface area contributed by atoms with E-state index < -0.39 is 9.84 Å². The van der Waals surface area contributed by atoms with Crippen LogP contribution < -0.4 is 15.4 Å². The summed E-state index contributed by atoms with van der Waals surface area (Å²) < 4.78 is 29.1. The zero-order valence-electron chi connectivity index (χ0n) is 16.0. The fourth-order valence-electron chi connectivity index (χ4n) is 2.59. The van der Waals surface area contributed by atoms with E-state index in [1.54, 1.807) is 19.1 Å². The van der Waals surface area contributed by atoms with Crippen molar-refractivity contribution in [2.45, 2.75) is 25.3 Å². The summed E-state index contributed by atoms with van der Waals surface area (Å²) in [4.78, 5) is 4.91. The number of aryl methyl sites for hydroxylation is 1. The first kappa shape index (κ1) is 20.8. The molecule has 2 rings (SSSR count). The molecular weight excluding hydrogens is 362 g/mol. The summed E-state index contributed by atoms with van der Waals surface area (Å²) in [6, 6.07) is 15.0. The lowest BCUT2D eigenvalue weighted by molar-refractivity contribution is 0.322. The van der Waals surface area contributed by atoms with Gasteiger partial charge >= 0.3 is 0 Å². The molecule has 0 amide bonds. The summed E-state index contributed by atoms with van der Waals surface area (Å²) in [7, 11) is -3.20. The Bertz CT molecular complexity index is 865. The Morgan fingerprint density at radius 2 is 1.85 bits per heavy atom. The normalized spacial score (nSPS) is 11.9. The first-order valence-corrected chi connectivity index (χ1v) is 10.8. The van der Waals surface area contributed by atoms with Crippen LogP contribution in [0, 0.1) is 6.92 Å².